The summed E-state index contributed by atoms with van der Waals surface area (Å²) in [5.41, 5.74) is 0.899. The van der Waals surface area contributed by atoms with E-state index in [4.69, 9.17) is 5.11 Å². The number of carbonyl (C=O) groups is 1. The highest BCUT2D eigenvalue weighted by Crippen LogP contribution is 2.12. The summed E-state index contributed by atoms with van der Waals surface area (Å²) in [4.78, 5) is 10.2. The largest absolute Gasteiger partial charge is 0.472 e. The van der Waals surface area contributed by atoms with Crippen LogP contribution in [0.2, 0.25) is 0 Å². The van der Waals surface area contributed by atoms with E-state index < -0.39 is 5.97 Å². The number of carboxylic acid groups (broad SMARTS) is 1. The number of aliphatic carboxylic acids is 1. The number of hydrogen-bond donors (Lipinski definition) is 1. The van der Waals surface area contributed by atoms with Gasteiger partial charge in [-0.15, -0.1) is 0 Å². The van der Waals surface area contributed by atoms with Crippen molar-refractivity contribution in [1.29, 1.82) is 0 Å². The van der Waals surface area contributed by atoms with E-state index in [-0.39, 0.29) is 5.82 Å². The lowest BCUT2D eigenvalue weighted by Crippen LogP contribution is -1.94. The Morgan fingerprint density at radius 1 is 1.57 bits per heavy atom. The molecule has 1 rings (SSSR count). The van der Waals surface area contributed by atoms with Gasteiger partial charge < -0.3 is 5.11 Å². The average Bonchev–Trinajstić information content (AvgIpc) is 2.14. The Morgan fingerprint density at radius 2 is 2.29 bits per heavy atom. The predicted molar refractivity (Wildman–Crippen MR) is 50.3 cm³/mol. The van der Waals surface area contributed by atoms with E-state index in [1.807, 2.05) is 5.92 Å². The highest BCUT2D eigenvalue weighted by atomic mass is 19.1. The third-order valence-corrected chi connectivity index (χ3v) is 1.78. The van der Waals surface area contributed by atoms with Crippen molar-refractivity contribution in [3.8, 4) is 11.8 Å². The Bertz CT molecular complexity index is 413. The van der Waals surface area contributed by atoms with Crippen molar-refractivity contribution in [1.82, 2.24) is 0 Å². The first-order valence-corrected chi connectivity index (χ1v) is 4.17. The van der Waals surface area contributed by atoms with Crippen molar-refractivity contribution in [2.75, 3.05) is 0 Å². The summed E-state index contributed by atoms with van der Waals surface area (Å²) >= 11 is 0. The van der Waals surface area contributed by atoms with Crippen LogP contribution in [0.1, 0.15) is 18.1 Å². The van der Waals surface area contributed by atoms with Crippen molar-refractivity contribution in [3.05, 3.63) is 35.1 Å². The van der Waals surface area contributed by atoms with Crippen molar-refractivity contribution >= 4 is 5.97 Å². The van der Waals surface area contributed by atoms with E-state index in [2.05, 4.69) is 5.92 Å². The molecule has 0 radical (unpaired) electrons. The fourth-order valence-electron chi connectivity index (χ4n) is 1.16. The molecule has 0 spiro atoms. The zero-order chi connectivity index (χ0) is 10.6. The molecule has 0 aromatic heterocycles. The minimum absolute atomic E-state index is 0.343. The average molecular weight is 192 g/mol. The molecule has 0 aliphatic heterocycles. The maximum absolute atomic E-state index is 13.2. The molecule has 0 amide bonds. The molecule has 1 aromatic carbocycles. The Morgan fingerprint density at radius 3 is 2.86 bits per heavy atom. The molecule has 1 N–H and O–H groups in total. The molecule has 2 nitrogen and oxygen atoms in total. The van der Waals surface area contributed by atoms with Gasteiger partial charge in [0.25, 0.3) is 0 Å². The number of rotatable bonds is 1. The smallest absolute Gasteiger partial charge is 0.382 e. The van der Waals surface area contributed by atoms with E-state index in [9.17, 15) is 9.18 Å². The molecule has 1 aromatic rings. The molecule has 0 atom stereocenters. The molecule has 14 heavy (non-hydrogen) atoms. The van der Waals surface area contributed by atoms with Gasteiger partial charge in [0.1, 0.15) is 5.82 Å². The fraction of sp³-hybridized carbons (Fsp3) is 0.182. The topological polar surface area (TPSA) is 37.3 Å². The van der Waals surface area contributed by atoms with Crippen molar-refractivity contribution < 1.29 is 14.3 Å². The maximum Gasteiger partial charge on any atom is 0.382 e. The SMILES string of the molecule is CCc1c(F)cccc1C#CC(=O)O. The molecule has 0 saturated carbocycles. The summed E-state index contributed by atoms with van der Waals surface area (Å²) < 4.78 is 13.2. The van der Waals surface area contributed by atoms with Gasteiger partial charge in [-0.25, -0.2) is 9.18 Å². The molecular formula is C11H9FO2. The van der Waals surface area contributed by atoms with Crippen LogP contribution >= 0.6 is 0 Å². The predicted octanol–water partition coefficient (Wildman–Crippen LogP) is 1.82. The quantitative estimate of drug-likeness (QED) is 0.689. The van der Waals surface area contributed by atoms with E-state index >= 15 is 0 Å². The molecule has 0 fully saturated rings. The van der Waals surface area contributed by atoms with Crippen molar-refractivity contribution in [3.63, 3.8) is 0 Å². The summed E-state index contributed by atoms with van der Waals surface area (Å²) in [5, 5.41) is 8.34. The minimum atomic E-state index is -1.21. The second-order valence-corrected chi connectivity index (χ2v) is 2.67. The third-order valence-electron chi connectivity index (χ3n) is 1.78. The van der Waals surface area contributed by atoms with Crippen LogP contribution in [-0.2, 0) is 11.2 Å². The second kappa shape index (κ2) is 4.43. The lowest BCUT2D eigenvalue weighted by atomic mass is 10.1. The zero-order valence-electron chi connectivity index (χ0n) is 7.67. The van der Waals surface area contributed by atoms with Gasteiger partial charge >= 0.3 is 5.97 Å². The van der Waals surface area contributed by atoms with Crippen LogP contribution in [0, 0.1) is 17.7 Å². The summed E-state index contributed by atoms with van der Waals surface area (Å²) in [5.74, 6) is 2.82. The molecule has 3 heteroatoms. The normalized spacial score (nSPS) is 9.00. The Hall–Kier alpha value is -1.82. The molecule has 0 aliphatic carbocycles. The van der Waals surface area contributed by atoms with E-state index in [1.54, 1.807) is 13.0 Å². The molecule has 0 saturated heterocycles. The van der Waals surface area contributed by atoms with Crippen LogP contribution in [0.3, 0.4) is 0 Å². The third kappa shape index (κ3) is 2.33. The first-order chi connectivity index (χ1) is 6.65. The van der Waals surface area contributed by atoms with Crippen molar-refractivity contribution in [2.24, 2.45) is 0 Å². The van der Waals surface area contributed by atoms with Crippen molar-refractivity contribution in [2.45, 2.75) is 13.3 Å². The van der Waals surface area contributed by atoms with Gasteiger partial charge in [0, 0.05) is 17.0 Å². The minimum Gasteiger partial charge on any atom is -0.472 e. The molecule has 72 valence electrons. The number of carboxylic acids is 1. The number of benzene rings is 1. The molecule has 0 aliphatic rings. The molecule has 0 heterocycles. The molecular weight excluding hydrogens is 183 g/mol. The highest BCUT2D eigenvalue weighted by Gasteiger charge is 2.03. The zero-order valence-corrected chi connectivity index (χ0v) is 7.67. The van der Waals surface area contributed by atoms with Gasteiger partial charge in [-0.3, -0.25) is 0 Å². The molecule has 0 unspecified atom stereocenters. The summed E-state index contributed by atoms with van der Waals surface area (Å²) in [6.07, 6.45) is 0.496. The van der Waals surface area contributed by atoms with Crippen LogP contribution in [0.4, 0.5) is 4.39 Å². The summed E-state index contributed by atoms with van der Waals surface area (Å²) in [7, 11) is 0. The number of halogens is 1. The van der Waals surface area contributed by atoms with Crippen LogP contribution in [0.25, 0.3) is 0 Å². The maximum atomic E-state index is 13.2. The van der Waals surface area contributed by atoms with Gasteiger partial charge in [0.2, 0.25) is 0 Å². The van der Waals surface area contributed by atoms with Gasteiger partial charge in [0.05, 0.1) is 0 Å². The van der Waals surface area contributed by atoms with Gasteiger partial charge in [-0.1, -0.05) is 18.9 Å². The van der Waals surface area contributed by atoms with Gasteiger partial charge in [0.15, 0.2) is 0 Å². The Kier molecular flexibility index (Phi) is 3.24. The summed E-state index contributed by atoms with van der Waals surface area (Å²) in [6, 6.07) is 4.46. The van der Waals surface area contributed by atoms with Gasteiger partial charge in [-0.05, 0) is 18.6 Å². The highest BCUT2D eigenvalue weighted by molar-refractivity contribution is 5.87. The lowest BCUT2D eigenvalue weighted by molar-refractivity contribution is -0.130. The van der Waals surface area contributed by atoms with Crippen LogP contribution < -0.4 is 0 Å². The second-order valence-electron chi connectivity index (χ2n) is 2.67. The Balaban J connectivity index is 3.16. The Labute approximate surface area is 81.4 Å². The standard InChI is InChI=1S/C11H9FO2/c1-2-9-8(6-7-11(13)14)4-3-5-10(9)12/h3-5H,2H2,1H3,(H,13,14). The van der Waals surface area contributed by atoms with Crippen LogP contribution in [0.15, 0.2) is 18.2 Å². The fourth-order valence-corrected chi connectivity index (χ4v) is 1.16. The van der Waals surface area contributed by atoms with Gasteiger partial charge in [-0.2, -0.15) is 0 Å². The van der Waals surface area contributed by atoms with Crippen LogP contribution in [0.5, 0.6) is 0 Å². The summed E-state index contributed by atoms with van der Waals surface area (Å²) in [6.45, 7) is 1.80. The number of hydrogen-bond acceptors (Lipinski definition) is 1. The van der Waals surface area contributed by atoms with E-state index in [0.717, 1.165) is 0 Å². The lowest BCUT2D eigenvalue weighted by Gasteiger charge is -2.01. The molecule has 0 bridgehead atoms. The van der Waals surface area contributed by atoms with E-state index in [1.165, 1.54) is 12.1 Å². The monoisotopic (exact) mass is 192 g/mol. The first kappa shape index (κ1) is 10.3. The van der Waals surface area contributed by atoms with E-state index in [0.29, 0.717) is 17.5 Å². The van der Waals surface area contributed by atoms with Crippen LogP contribution in [-0.4, -0.2) is 11.1 Å². The first-order valence-electron chi connectivity index (χ1n) is 4.17.